The lowest BCUT2D eigenvalue weighted by Gasteiger charge is -2.19. The molecule has 2 N–H and O–H groups in total. The van der Waals surface area contributed by atoms with Crippen LogP contribution in [0.1, 0.15) is 70.6 Å². The predicted octanol–water partition coefficient (Wildman–Crippen LogP) is 4.69. The summed E-state index contributed by atoms with van der Waals surface area (Å²) in [4.78, 5) is 24.2. The van der Waals surface area contributed by atoms with E-state index in [1.807, 2.05) is 0 Å². The van der Waals surface area contributed by atoms with Crippen molar-refractivity contribution in [1.29, 1.82) is 0 Å². The van der Waals surface area contributed by atoms with Crippen molar-refractivity contribution in [3.05, 3.63) is 29.8 Å². The molecule has 0 atom stereocenters. The zero-order valence-corrected chi connectivity index (χ0v) is 15.2. The number of anilines is 1. The smallest absolute Gasteiger partial charge is 0.313 e. The van der Waals surface area contributed by atoms with Crippen molar-refractivity contribution < 1.29 is 18.4 Å². The van der Waals surface area contributed by atoms with Gasteiger partial charge in [0.15, 0.2) is 0 Å². The van der Waals surface area contributed by atoms with Crippen molar-refractivity contribution in [2.24, 2.45) is 0 Å². The van der Waals surface area contributed by atoms with Crippen molar-refractivity contribution in [3.63, 3.8) is 0 Å². The molecule has 0 aliphatic heterocycles. The molecule has 1 saturated carbocycles. The van der Waals surface area contributed by atoms with Gasteiger partial charge in [0.05, 0.1) is 5.69 Å². The third-order valence-electron chi connectivity index (χ3n) is 4.83. The Balaban J connectivity index is 1.86. The minimum absolute atomic E-state index is 0.0364. The van der Waals surface area contributed by atoms with Gasteiger partial charge in [0.1, 0.15) is 11.6 Å². The van der Waals surface area contributed by atoms with Crippen LogP contribution in [0.25, 0.3) is 0 Å². The maximum Gasteiger partial charge on any atom is 0.313 e. The Bertz CT molecular complexity index is 595. The number of halogens is 2. The van der Waals surface area contributed by atoms with Crippen LogP contribution in [0.5, 0.6) is 0 Å². The van der Waals surface area contributed by atoms with Gasteiger partial charge in [-0.2, -0.15) is 0 Å². The Labute approximate surface area is 153 Å². The average Bonchev–Trinajstić information content (AvgIpc) is 2.59. The van der Waals surface area contributed by atoms with Crippen LogP contribution >= 0.6 is 0 Å². The highest BCUT2D eigenvalue weighted by molar-refractivity contribution is 6.39. The van der Waals surface area contributed by atoms with Crippen molar-refractivity contribution in [2.45, 2.75) is 76.7 Å². The van der Waals surface area contributed by atoms with E-state index in [1.165, 1.54) is 32.1 Å². The molecule has 2 amide bonds. The summed E-state index contributed by atoms with van der Waals surface area (Å²) < 4.78 is 26.5. The van der Waals surface area contributed by atoms with Crippen molar-refractivity contribution in [2.75, 3.05) is 5.32 Å². The lowest BCUT2D eigenvalue weighted by atomic mass is 9.98. The quantitative estimate of drug-likeness (QED) is 0.746. The highest BCUT2D eigenvalue weighted by Crippen LogP contribution is 2.17. The molecule has 26 heavy (non-hydrogen) atoms. The van der Waals surface area contributed by atoms with E-state index in [0.29, 0.717) is 6.07 Å². The largest absolute Gasteiger partial charge is 0.345 e. The van der Waals surface area contributed by atoms with Crippen LogP contribution in [-0.4, -0.2) is 17.9 Å². The number of hydrogen-bond acceptors (Lipinski definition) is 2. The molecule has 6 heteroatoms. The van der Waals surface area contributed by atoms with Gasteiger partial charge in [-0.1, -0.05) is 57.8 Å². The number of nitrogens with one attached hydrogen (secondary N) is 2. The average molecular weight is 366 g/mol. The summed E-state index contributed by atoms with van der Waals surface area (Å²) in [5.74, 6) is -3.34. The van der Waals surface area contributed by atoms with Crippen LogP contribution < -0.4 is 10.6 Å². The molecule has 1 aromatic carbocycles. The lowest BCUT2D eigenvalue weighted by molar-refractivity contribution is -0.136. The summed E-state index contributed by atoms with van der Waals surface area (Å²) in [7, 11) is 0. The van der Waals surface area contributed by atoms with Crippen LogP contribution in [0.15, 0.2) is 18.2 Å². The molecular weight excluding hydrogens is 338 g/mol. The number of rotatable bonds is 2. The first-order chi connectivity index (χ1) is 12.6. The predicted molar refractivity (Wildman–Crippen MR) is 97.7 cm³/mol. The fourth-order valence-electron chi connectivity index (χ4n) is 3.33. The van der Waals surface area contributed by atoms with Crippen LogP contribution in [0.3, 0.4) is 0 Å². The third-order valence-corrected chi connectivity index (χ3v) is 4.83. The van der Waals surface area contributed by atoms with Crippen molar-refractivity contribution in [3.8, 4) is 0 Å². The Morgan fingerprint density at radius 1 is 0.808 bits per heavy atom. The van der Waals surface area contributed by atoms with Crippen LogP contribution in [0.2, 0.25) is 0 Å². The second-order valence-corrected chi connectivity index (χ2v) is 7.01. The molecule has 1 fully saturated rings. The van der Waals surface area contributed by atoms with E-state index < -0.39 is 23.4 Å². The molecule has 0 radical (unpaired) electrons. The number of hydrogen-bond donors (Lipinski definition) is 2. The van der Waals surface area contributed by atoms with Gasteiger partial charge in [-0.15, -0.1) is 0 Å². The fourth-order valence-corrected chi connectivity index (χ4v) is 3.33. The van der Waals surface area contributed by atoms with Gasteiger partial charge in [0, 0.05) is 12.1 Å². The van der Waals surface area contributed by atoms with E-state index >= 15 is 0 Å². The maximum absolute atomic E-state index is 13.6. The maximum atomic E-state index is 13.6. The molecule has 0 spiro atoms. The molecule has 0 unspecified atom stereocenters. The number of carbonyl (C=O) groups is 2. The summed E-state index contributed by atoms with van der Waals surface area (Å²) in [6.07, 6.45) is 12.3. The molecule has 1 aliphatic carbocycles. The molecule has 1 aliphatic rings. The summed E-state index contributed by atoms with van der Waals surface area (Å²) >= 11 is 0. The highest BCUT2D eigenvalue weighted by Gasteiger charge is 2.20. The molecule has 0 aromatic heterocycles. The number of amides is 2. The van der Waals surface area contributed by atoms with E-state index in [2.05, 4.69) is 10.6 Å². The molecule has 0 bridgehead atoms. The third kappa shape index (κ3) is 7.10. The van der Waals surface area contributed by atoms with Gasteiger partial charge in [-0.05, 0) is 25.0 Å². The first-order valence-electron chi connectivity index (χ1n) is 9.63. The Kier molecular flexibility index (Phi) is 8.51. The number of benzene rings is 1. The number of carbonyl (C=O) groups excluding carboxylic acids is 2. The molecule has 4 nitrogen and oxygen atoms in total. The van der Waals surface area contributed by atoms with Crippen LogP contribution in [0, 0.1) is 11.6 Å². The molecule has 0 heterocycles. The highest BCUT2D eigenvalue weighted by atomic mass is 19.1. The molecule has 1 aromatic rings. The van der Waals surface area contributed by atoms with Gasteiger partial charge in [-0.3, -0.25) is 9.59 Å². The van der Waals surface area contributed by atoms with Gasteiger partial charge in [0.25, 0.3) is 0 Å². The van der Waals surface area contributed by atoms with Crippen LogP contribution in [-0.2, 0) is 9.59 Å². The summed E-state index contributed by atoms with van der Waals surface area (Å²) in [5.41, 5.74) is -0.203. The van der Waals surface area contributed by atoms with Gasteiger partial charge >= 0.3 is 11.8 Å². The topological polar surface area (TPSA) is 58.2 Å². The SMILES string of the molecule is O=C(Nc1ccc(F)cc1F)C(=O)NC1CCCCCCCCCCC1. The molecule has 0 saturated heterocycles. The second kappa shape index (κ2) is 10.9. The molecule has 2 rings (SSSR count). The second-order valence-electron chi connectivity index (χ2n) is 7.01. The van der Waals surface area contributed by atoms with Crippen molar-refractivity contribution >= 4 is 17.5 Å². The fraction of sp³-hybridized carbons (Fsp3) is 0.600. The van der Waals surface area contributed by atoms with E-state index in [1.54, 1.807) is 0 Å². The normalized spacial score (nSPS) is 17.6. The first-order valence-corrected chi connectivity index (χ1v) is 9.63. The Morgan fingerprint density at radius 2 is 1.35 bits per heavy atom. The van der Waals surface area contributed by atoms with E-state index in [0.717, 1.165) is 50.7 Å². The minimum Gasteiger partial charge on any atom is -0.345 e. The van der Waals surface area contributed by atoms with E-state index in [4.69, 9.17) is 0 Å². The summed E-state index contributed by atoms with van der Waals surface area (Å²) in [6.45, 7) is 0. The summed E-state index contributed by atoms with van der Waals surface area (Å²) in [5, 5.41) is 4.98. The standard InChI is InChI=1S/C20H28F2N2O2/c21-15-12-13-18(17(22)14-15)24-20(26)19(25)23-16-10-8-6-4-2-1-3-5-7-9-11-16/h12-14,16H,1-11H2,(H,23,25)(H,24,26). The molecular formula is C20H28F2N2O2. The van der Waals surface area contributed by atoms with Gasteiger partial charge in [-0.25, -0.2) is 8.78 Å². The lowest BCUT2D eigenvalue weighted by Crippen LogP contribution is -2.42. The zero-order chi connectivity index (χ0) is 18.8. The molecule has 144 valence electrons. The van der Waals surface area contributed by atoms with Crippen LogP contribution in [0.4, 0.5) is 14.5 Å². The Morgan fingerprint density at radius 3 is 1.88 bits per heavy atom. The van der Waals surface area contributed by atoms with Gasteiger partial charge in [0.2, 0.25) is 0 Å². The summed E-state index contributed by atoms with van der Waals surface area (Å²) in [6, 6.07) is 2.76. The van der Waals surface area contributed by atoms with E-state index in [-0.39, 0.29) is 11.7 Å². The van der Waals surface area contributed by atoms with Gasteiger partial charge < -0.3 is 10.6 Å². The van der Waals surface area contributed by atoms with Crippen molar-refractivity contribution in [1.82, 2.24) is 5.32 Å². The van der Waals surface area contributed by atoms with E-state index in [9.17, 15) is 18.4 Å². The minimum atomic E-state index is -0.929. The monoisotopic (exact) mass is 366 g/mol. The Hall–Kier alpha value is -1.98. The first kappa shape index (κ1) is 20.3. The zero-order valence-electron chi connectivity index (χ0n) is 15.2.